The van der Waals surface area contributed by atoms with Gasteiger partial charge in [-0.3, -0.25) is 0 Å². The van der Waals surface area contributed by atoms with Crippen LogP contribution in [0, 0.1) is 3.57 Å². The van der Waals surface area contributed by atoms with Crippen LogP contribution in [0.4, 0.5) is 17.1 Å². The van der Waals surface area contributed by atoms with Gasteiger partial charge in [0.05, 0.1) is 0 Å². The molecule has 0 spiro atoms. The van der Waals surface area contributed by atoms with Crippen molar-refractivity contribution in [3.05, 3.63) is 125 Å². The van der Waals surface area contributed by atoms with Gasteiger partial charge in [0.15, 0.2) is 0 Å². The van der Waals surface area contributed by atoms with Gasteiger partial charge in [0.25, 0.3) is 0 Å². The van der Waals surface area contributed by atoms with Crippen molar-refractivity contribution in [1.29, 1.82) is 0 Å². The van der Waals surface area contributed by atoms with Gasteiger partial charge in [-0.15, -0.1) is 11.3 Å². The zero-order valence-corrected chi connectivity index (χ0v) is 20.8. The predicted octanol–water partition coefficient (Wildman–Crippen LogP) is 9.80. The minimum Gasteiger partial charge on any atom is -0.310 e. The lowest BCUT2D eigenvalue weighted by Gasteiger charge is -2.26. The normalized spacial score (nSPS) is 11.2. The van der Waals surface area contributed by atoms with Crippen LogP contribution in [0.5, 0.6) is 0 Å². The predicted molar refractivity (Wildman–Crippen MR) is 152 cm³/mol. The van der Waals surface area contributed by atoms with Crippen LogP contribution >= 0.6 is 33.9 Å². The van der Waals surface area contributed by atoms with Crippen molar-refractivity contribution >= 4 is 71.2 Å². The molecule has 0 aliphatic heterocycles. The van der Waals surface area contributed by atoms with Crippen molar-refractivity contribution in [1.82, 2.24) is 0 Å². The number of fused-ring (bicyclic) bond motifs is 3. The zero-order valence-electron chi connectivity index (χ0n) is 17.8. The molecule has 6 aromatic rings. The maximum Gasteiger partial charge on any atom is 0.0468 e. The fraction of sp³-hybridized carbons (Fsp3) is 0. The number of nitrogens with zero attached hydrogens (tertiary/aromatic N) is 1. The van der Waals surface area contributed by atoms with Gasteiger partial charge in [-0.05, 0) is 94.4 Å². The molecule has 5 aromatic carbocycles. The summed E-state index contributed by atoms with van der Waals surface area (Å²) in [4.78, 5) is 2.34. The van der Waals surface area contributed by atoms with E-state index in [0.29, 0.717) is 0 Å². The Balaban J connectivity index is 1.50. The molecule has 0 atom stereocenters. The Morgan fingerprint density at radius 3 is 1.82 bits per heavy atom. The summed E-state index contributed by atoms with van der Waals surface area (Å²) in [5.74, 6) is 0. The van der Waals surface area contributed by atoms with Gasteiger partial charge >= 0.3 is 0 Å². The molecule has 0 aliphatic rings. The molecule has 1 heterocycles. The second-order valence-corrected chi connectivity index (χ2v) is 10.3. The lowest BCUT2D eigenvalue weighted by atomic mass is 10.0. The summed E-state index contributed by atoms with van der Waals surface area (Å²) in [7, 11) is 0. The van der Waals surface area contributed by atoms with E-state index in [1.165, 1.54) is 40.6 Å². The monoisotopic (exact) mass is 553 g/mol. The molecule has 3 heteroatoms. The number of hydrogen-bond donors (Lipinski definition) is 0. The number of halogens is 1. The molecular weight excluding hydrogens is 533 g/mol. The Hall–Kier alpha value is -3.15. The highest BCUT2D eigenvalue weighted by atomic mass is 127. The molecule has 1 nitrogen and oxygen atoms in total. The molecule has 0 radical (unpaired) electrons. The van der Waals surface area contributed by atoms with E-state index in [1.807, 2.05) is 11.3 Å². The maximum atomic E-state index is 2.36. The standard InChI is InChI=1S/C30H20INS/c31-23-12-16-25(17-13-23)32(24-14-10-22(11-15-24)21-6-2-1-3-7-21)26-18-19-30-28(20-26)27-8-4-5-9-29(27)33-30/h1-20H. The third-order valence-corrected chi connectivity index (χ3v) is 7.81. The second kappa shape index (κ2) is 8.65. The fourth-order valence-electron chi connectivity index (χ4n) is 4.32. The summed E-state index contributed by atoms with van der Waals surface area (Å²) in [6.07, 6.45) is 0. The zero-order chi connectivity index (χ0) is 22.2. The van der Waals surface area contributed by atoms with Crippen molar-refractivity contribution in [3.8, 4) is 11.1 Å². The Kier molecular flexibility index (Phi) is 5.36. The summed E-state index contributed by atoms with van der Waals surface area (Å²) in [6, 6.07) is 43.6. The number of thiophene rings is 1. The molecule has 1 aromatic heterocycles. The molecule has 0 unspecified atom stereocenters. The van der Waals surface area contributed by atoms with Crippen molar-refractivity contribution in [2.75, 3.05) is 4.90 Å². The summed E-state index contributed by atoms with van der Waals surface area (Å²) in [5.41, 5.74) is 5.92. The first-order chi connectivity index (χ1) is 16.3. The van der Waals surface area contributed by atoms with Gasteiger partial charge in [0, 0.05) is 40.8 Å². The van der Waals surface area contributed by atoms with Crippen LogP contribution < -0.4 is 4.90 Å². The molecule has 33 heavy (non-hydrogen) atoms. The molecule has 158 valence electrons. The van der Waals surface area contributed by atoms with E-state index in [-0.39, 0.29) is 0 Å². The Labute approximate surface area is 211 Å². The van der Waals surface area contributed by atoms with Gasteiger partial charge in [-0.1, -0.05) is 60.7 Å². The summed E-state index contributed by atoms with van der Waals surface area (Å²) >= 11 is 4.22. The van der Waals surface area contributed by atoms with Crippen molar-refractivity contribution in [2.24, 2.45) is 0 Å². The minimum atomic E-state index is 1.15. The van der Waals surface area contributed by atoms with E-state index < -0.39 is 0 Å². The van der Waals surface area contributed by atoms with E-state index in [9.17, 15) is 0 Å². The first-order valence-corrected chi connectivity index (χ1v) is 12.8. The van der Waals surface area contributed by atoms with Crippen LogP contribution in [0.3, 0.4) is 0 Å². The Bertz CT molecular complexity index is 1550. The van der Waals surface area contributed by atoms with Gasteiger partial charge in [0.2, 0.25) is 0 Å². The largest absolute Gasteiger partial charge is 0.310 e. The molecule has 0 bridgehead atoms. The number of anilines is 3. The number of benzene rings is 5. The SMILES string of the molecule is Ic1ccc(N(c2ccc(-c3ccccc3)cc2)c2ccc3sc4ccccc4c3c2)cc1. The minimum absolute atomic E-state index is 1.15. The average Bonchev–Trinajstić information content (AvgIpc) is 3.24. The summed E-state index contributed by atoms with van der Waals surface area (Å²) in [5, 5.41) is 2.63. The molecule has 0 amide bonds. The van der Waals surface area contributed by atoms with Crippen molar-refractivity contribution < 1.29 is 0 Å². The summed E-state index contributed by atoms with van der Waals surface area (Å²) in [6.45, 7) is 0. The van der Waals surface area contributed by atoms with E-state index in [1.54, 1.807) is 0 Å². The third kappa shape index (κ3) is 3.92. The molecule has 6 rings (SSSR count). The lowest BCUT2D eigenvalue weighted by molar-refractivity contribution is 1.29. The first-order valence-electron chi connectivity index (χ1n) is 10.9. The highest BCUT2D eigenvalue weighted by Crippen LogP contribution is 2.40. The molecule has 0 fully saturated rings. The van der Waals surface area contributed by atoms with Crippen LogP contribution in [-0.2, 0) is 0 Å². The Morgan fingerprint density at radius 1 is 0.485 bits per heavy atom. The third-order valence-electron chi connectivity index (χ3n) is 5.94. The molecule has 0 saturated heterocycles. The van der Waals surface area contributed by atoms with Crippen molar-refractivity contribution in [3.63, 3.8) is 0 Å². The molecule has 0 aliphatic carbocycles. The number of hydrogen-bond acceptors (Lipinski definition) is 2. The molecule has 0 N–H and O–H groups in total. The van der Waals surface area contributed by atoms with Gasteiger partial charge in [-0.2, -0.15) is 0 Å². The van der Waals surface area contributed by atoms with Gasteiger partial charge in [-0.25, -0.2) is 0 Å². The van der Waals surface area contributed by atoms with Gasteiger partial charge < -0.3 is 4.90 Å². The van der Waals surface area contributed by atoms with Crippen LogP contribution in [0.25, 0.3) is 31.3 Å². The topological polar surface area (TPSA) is 3.24 Å². The van der Waals surface area contributed by atoms with Crippen LogP contribution in [-0.4, -0.2) is 0 Å². The van der Waals surface area contributed by atoms with E-state index >= 15 is 0 Å². The Morgan fingerprint density at radius 2 is 1.06 bits per heavy atom. The highest BCUT2D eigenvalue weighted by molar-refractivity contribution is 14.1. The van der Waals surface area contributed by atoms with Gasteiger partial charge in [0.1, 0.15) is 0 Å². The van der Waals surface area contributed by atoms with Crippen LogP contribution in [0.1, 0.15) is 0 Å². The van der Waals surface area contributed by atoms with E-state index in [4.69, 9.17) is 0 Å². The fourth-order valence-corrected chi connectivity index (χ4v) is 5.77. The first kappa shape index (κ1) is 20.5. The van der Waals surface area contributed by atoms with E-state index in [0.717, 1.165) is 11.4 Å². The summed E-state index contributed by atoms with van der Waals surface area (Å²) < 4.78 is 3.88. The molecular formula is C30H20INS. The van der Waals surface area contributed by atoms with E-state index in [2.05, 4.69) is 149 Å². The average molecular weight is 553 g/mol. The quantitative estimate of drug-likeness (QED) is 0.197. The van der Waals surface area contributed by atoms with Crippen LogP contribution in [0.2, 0.25) is 0 Å². The maximum absolute atomic E-state index is 2.36. The second-order valence-electron chi connectivity index (χ2n) is 8.00. The smallest absolute Gasteiger partial charge is 0.0468 e. The lowest BCUT2D eigenvalue weighted by Crippen LogP contribution is -2.09. The highest BCUT2D eigenvalue weighted by Gasteiger charge is 2.15. The van der Waals surface area contributed by atoms with Crippen LogP contribution in [0.15, 0.2) is 121 Å². The number of rotatable bonds is 4. The molecule has 0 saturated carbocycles. The van der Waals surface area contributed by atoms with Crippen molar-refractivity contribution in [2.45, 2.75) is 0 Å².